The summed E-state index contributed by atoms with van der Waals surface area (Å²) in [4.78, 5) is 15.7. The molecule has 2 aromatic heterocycles. The van der Waals surface area contributed by atoms with Crippen LogP contribution in [0.25, 0.3) is 99.9 Å². The summed E-state index contributed by atoms with van der Waals surface area (Å²) in [5.41, 5.74) is 8.94. The topological polar surface area (TPSA) is 51.8 Å². The third kappa shape index (κ3) is 4.96. The highest BCUT2D eigenvalue weighted by molar-refractivity contribution is 6.15. The van der Waals surface area contributed by atoms with Gasteiger partial charge in [-0.2, -0.15) is 0 Å². The van der Waals surface area contributed by atoms with Gasteiger partial charge in [0.25, 0.3) is 0 Å². The minimum Gasteiger partial charge on any atom is -0.456 e. The molecule has 0 atom stereocenters. The fourth-order valence-electron chi connectivity index (χ4n) is 7.35. The highest BCUT2D eigenvalue weighted by Gasteiger charge is 2.20. The van der Waals surface area contributed by atoms with Gasteiger partial charge in [0.1, 0.15) is 11.2 Å². The molecule has 0 aliphatic carbocycles. The van der Waals surface area contributed by atoms with Crippen LogP contribution in [0.15, 0.2) is 180 Å². The molecule has 0 aliphatic rings. The Labute approximate surface area is 294 Å². The lowest BCUT2D eigenvalue weighted by Gasteiger charge is -2.14. The van der Waals surface area contributed by atoms with Gasteiger partial charge in [-0.3, -0.25) is 0 Å². The van der Waals surface area contributed by atoms with Crippen molar-refractivity contribution in [2.45, 2.75) is 0 Å². The Morgan fingerprint density at radius 1 is 0.314 bits per heavy atom. The lowest BCUT2D eigenvalue weighted by atomic mass is 9.92. The van der Waals surface area contributed by atoms with Gasteiger partial charge in [0.05, 0.1) is 0 Å². The minimum absolute atomic E-state index is 0.595. The van der Waals surface area contributed by atoms with E-state index in [-0.39, 0.29) is 0 Å². The molecule has 10 rings (SSSR count). The molecule has 2 heterocycles. The third-order valence-electron chi connectivity index (χ3n) is 9.74. The molecule has 0 saturated heterocycles. The van der Waals surface area contributed by atoms with Gasteiger partial charge < -0.3 is 4.42 Å². The Morgan fingerprint density at radius 2 is 0.902 bits per heavy atom. The van der Waals surface area contributed by atoms with Crippen LogP contribution >= 0.6 is 0 Å². The van der Waals surface area contributed by atoms with E-state index in [0.717, 1.165) is 55.1 Å². The number of rotatable bonds is 5. The van der Waals surface area contributed by atoms with Crippen LogP contribution in [-0.4, -0.2) is 15.0 Å². The second-order valence-corrected chi connectivity index (χ2v) is 12.8. The number of aromatic nitrogens is 3. The average molecular weight is 652 g/mol. The predicted octanol–water partition coefficient (Wildman–Crippen LogP) is 12.4. The minimum atomic E-state index is 0.595. The summed E-state index contributed by atoms with van der Waals surface area (Å²) in [7, 11) is 0. The fraction of sp³-hybridized carbons (Fsp3) is 0. The first-order chi connectivity index (χ1) is 25.3. The molecule has 0 saturated carbocycles. The van der Waals surface area contributed by atoms with Crippen molar-refractivity contribution in [3.63, 3.8) is 0 Å². The van der Waals surface area contributed by atoms with Crippen LogP contribution in [0.4, 0.5) is 0 Å². The zero-order valence-electron chi connectivity index (χ0n) is 27.5. The number of nitrogens with zero attached hydrogens (tertiary/aromatic N) is 3. The van der Waals surface area contributed by atoms with E-state index in [0.29, 0.717) is 17.5 Å². The molecular formula is C47H29N3O. The molecule has 0 fully saturated rings. The first-order valence-electron chi connectivity index (χ1n) is 17.1. The summed E-state index contributed by atoms with van der Waals surface area (Å²) in [5.74, 6) is 1.82. The number of benzene rings is 8. The van der Waals surface area contributed by atoms with Crippen LogP contribution in [0.5, 0.6) is 0 Å². The molecule has 0 N–H and O–H groups in total. The molecule has 0 amide bonds. The molecule has 0 unspecified atom stereocenters. The number of fused-ring (bicyclic) bond motifs is 6. The summed E-state index contributed by atoms with van der Waals surface area (Å²) >= 11 is 0. The standard InChI is InChI=1S/C47H29N3O/c1-3-14-30(15-4-1)34-19-9-10-21-37(34)46-48-45(49-47(50-46)39-23-13-25-43-44(39)38-22-11-12-24-42(38)51-43)33-26-27-36-40(31-16-5-2-6-17-31)28-32-18-7-8-20-35(32)41(36)29-33/h1-29H. The predicted molar refractivity (Wildman–Crippen MR) is 209 cm³/mol. The average Bonchev–Trinajstić information content (AvgIpc) is 3.60. The SMILES string of the molecule is c1ccc(-c2ccccc2-c2nc(-c3ccc4c(-c5ccccc5)cc5ccccc5c4c3)nc(-c3cccc4oc5ccccc5c34)n2)cc1. The maximum Gasteiger partial charge on any atom is 0.164 e. The number of para-hydroxylation sites is 1. The molecule has 10 aromatic rings. The van der Waals surface area contributed by atoms with E-state index in [4.69, 9.17) is 19.4 Å². The number of hydrogen-bond donors (Lipinski definition) is 0. The van der Waals surface area contributed by atoms with E-state index in [1.165, 1.54) is 27.3 Å². The molecule has 0 radical (unpaired) electrons. The zero-order valence-corrected chi connectivity index (χ0v) is 27.5. The van der Waals surface area contributed by atoms with Crippen molar-refractivity contribution in [2.75, 3.05) is 0 Å². The summed E-state index contributed by atoms with van der Waals surface area (Å²) in [5, 5.41) is 6.73. The van der Waals surface area contributed by atoms with Crippen molar-refractivity contribution in [2.24, 2.45) is 0 Å². The van der Waals surface area contributed by atoms with Crippen molar-refractivity contribution in [3.8, 4) is 56.4 Å². The Kier molecular flexibility index (Phi) is 6.78. The Hall–Kier alpha value is -6.91. The molecule has 8 aromatic carbocycles. The summed E-state index contributed by atoms with van der Waals surface area (Å²) in [6.07, 6.45) is 0. The lowest BCUT2D eigenvalue weighted by Crippen LogP contribution is -2.01. The van der Waals surface area contributed by atoms with Crippen molar-refractivity contribution < 1.29 is 4.42 Å². The van der Waals surface area contributed by atoms with Gasteiger partial charge in [-0.25, -0.2) is 15.0 Å². The van der Waals surface area contributed by atoms with Gasteiger partial charge in [-0.05, 0) is 68.1 Å². The van der Waals surface area contributed by atoms with Crippen LogP contribution in [0.2, 0.25) is 0 Å². The molecule has 0 bridgehead atoms. The van der Waals surface area contributed by atoms with E-state index in [1.54, 1.807) is 0 Å². The van der Waals surface area contributed by atoms with Gasteiger partial charge in [0.2, 0.25) is 0 Å². The molecule has 238 valence electrons. The number of hydrogen-bond acceptors (Lipinski definition) is 4. The van der Waals surface area contributed by atoms with Crippen LogP contribution in [-0.2, 0) is 0 Å². The van der Waals surface area contributed by atoms with Crippen molar-refractivity contribution in [1.82, 2.24) is 15.0 Å². The lowest BCUT2D eigenvalue weighted by molar-refractivity contribution is 0.669. The normalized spacial score (nSPS) is 11.5. The van der Waals surface area contributed by atoms with Crippen molar-refractivity contribution >= 4 is 43.5 Å². The first kappa shape index (κ1) is 29.0. The quantitative estimate of drug-likeness (QED) is 0.174. The van der Waals surface area contributed by atoms with E-state index in [2.05, 4.69) is 133 Å². The Bertz CT molecular complexity index is 2910. The molecule has 0 spiro atoms. The molecular weight excluding hydrogens is 623 g/mol. The zero-order chi connectivity index (χ0) is 33.7. The van der Waals surface area contributed by atoms with Gasteiger partial charge in [-0.1, -0.05) is 152 Å². The highest BCUT2D eigenvalue weighted by atomic mass is 16.3. The van der Waals surface area contributed by atoms with Gasteiger partial charge in [0, 0.05) is 27.5 Å². The highest BCUT2D eigenvalue weighted by Crippen LogP contribution is 2.40. The second kappa shape index (κ2) is 11.9. The van der Waals surface area contributed by atoms with E-state index >= 15 is 0 Å². The van der Waals surface area contributed by atoms with Crippen molar-refractivity contribution in [3.05, 3.63) is 176 Å². The molecule has 4 heteroatoms. The van der Waals surface area contributed by atoms with Crippen molar-refractivity contribution in [1.29, 1.82) is 0 Å². The second-order valence-electron chi connectivity index (χ2n) is 12.8. The van der Waals surface area contributed by atoms with Gasteiger partial charge >= 0.3 is 0 Å². The first-order valence-corrected chi connectivity index (χ1v) is 17.1. The van der Waals surface area contributed by atoms with Gasteiger partial charge in [0.15, 0.2) is 17.5 Å². The van der Waals surface area contributed by atoms with Crippen LogP contribution in [0.1, 0.15) is 0 Å². The van der Waals surface area contributed by atoms with E-state index in [9.17, 15) is 0 Å². The summed E-state index contributed by atoms with van der Waals surface area (Å²) in [6.45, 7) is 0. The molecule has 0 aliphatic heterocycles. The largest absolute Gasteiger partial charge is 0.456 e. The molecule has 4 nitrogen and oxygen atoms in total. The Morgan fingerprint density at radius 3 is 1.71 bits per heavy atom. The van der Waals surface area contributed by atoms with E-state index in [1.807, 2.05) is 42.5 Å². The fourth-order valence-corrected chi connectivity index (χ4v) is 7.35. The maximum atomic E-state index is 6.29. The van der Waals surface area contributed by atoms with Gasteiger partial charge in [-0.15, -0.1) is 0 Å². The molecule has 51 heavy (non-hydrogen) atoms. The maximum absolute atomic E-state index is 6.29. The van der Waals surface area contributed by atoms with Crippen LogP contribution in [0.3, 0.4) is 0 Å². The smallest absolute Gasteiger partial charge is 0.164 e. The monoisotopic (exact) mass is 651 g/mol. The number of furan rings is 1. The van der Waals surface area contributed by atoms with Crippen LogP contribution < -0.4 is 0 Å². The van der Waals surface area contributed by atoms with Crippen LogP contribution in [0, 0.1) is 0 Å². The summed E-state index contributed by atoms with van der Waals surface area (Å²) < 4.78 is 6.29. The third-order valence-corrected chi connectivity index (χ3v) is 9.74. The Balaban J connectivity index is 1.25. The van der Waals surface area contributed by atoms with E-state index < -0.39 is 0 Å². The summed E-state index contributed by atoms with van der Waals surface area (Å²) in [6, 6.07) is 61.0.